The molecule has 0 bridgehead atoms. The van der Waals surface area contributed by atoms with Gasteiger partial charge in [0, 0.05) is 5.56 Å². The van der Waals surface area contributed by atoms with Crippen molar-refractivity contribution in [2.75, 3.05) is 0 Å². The minimum Gasteiger partial charge on any atom is -1.00 e. The number of benzene rings is 1. The second kappa shape index (κ2) is 5.25. The number of carbonyl (C=O) groups is 1. The molecule has 0 fully saturated rings. The smallest absolute Gasteiger partial charge is 1.00 e. The average molecular weight is 245 g/mol. The summed E-state index contributed by atoms with van der Waals surface area (Å²) in [6, 6.07) is 3.35. The van der Waals surface area contributed by atoms with Crippen molar-refractivity contribution in [1.29, 1.82) is 0 Å². The number of carbonyl (C=O) groups excluding carboxylic acids is 1. The molecule has 0 heterocycles. The summed E-state index contributed by atoms with van der Waals surface area (Å²) in [4.78, 5) is 10.00. The minimum absolute atomic E-state index is 0. The molecule has 4 nitrogen and oxygen atoms in total. The van der Waals surface area contributed by atoms with Crippen molar-refractivity contribution >= 4 is 28.0 Å². The molecule has 1 aromatic rings. The molecule has 7 heteroatoms. The van der Waals surface area contributed by atoms with Crippen molar-refractivity contribution in [2.45, 2.75) is 4.90 Å². The summed E-state index contributed by atoms with van der Waals surface area (Å²) in [5.74, 6) is 0. The fourth-order valence-electron chi connectivity index (χ4n) is 0.773. The normalized spacial score (nSPS) is 10.4. The molecule has 1 N–H and O–H groups in total. The van der Waals surface area contributed by atoms with Gasteiger partial charge in [-0.3, -0.25) is 9.35 Å². The number of halogens is 1. The molecule has 72 valence electrons. The van der Waals surface area contributed by atoms with E-state index < -0.39 is 10.1 Å². The van der Waals surface area contributed by atoms with Gasteiger partial charge in [0.1, 0.15) is 0 Å². The Morgan fingerprint density at radius 3 is 2.43 bits per heavy atom. The van der Waals surface area contributed by atoms with Crippen LogP contribution in [0.25, 0.3) is 0 Å². The van der Waals surface area contributed by atoms with Crippen LogP contribution in [0.5, 0.6) is 0 Å². The van der Waals surface area contributed by atoms with E-state index in [1.807, 2.05) is 0 Å². The Bertz CT molecular complexity index is 448. The van der Waals surface area contributed by atoms with Crippen LogP contribution >= 0.6 is 11.6 Å². The molecule has 0 aliphatic carbocycles. The summed E-state index contributed by atoms with van der Waals surface area (Å²) < 4.78 is 29.8. The second-order valence-electron chi connectivity index (χ2n) is 2.28. The van der Waals surface area contributed by atoms with Crippen LogP contribution < -0.4 is 29.6 Å². The van der Waals surface area contributed by atoms with Gasteiger partial charge in [0.15, 0.2) is 6.29 Å². The molecule has 0 radical (unpaired) electrons. The van der Waals surface area contributed by atoms with E-state index in [0.717, 1.165) is 12.1 Å². The van der Waals surface area contributed by atoms with Crippen LogP contribution in [0.3, 0.4) is 0 Å². The van der Waals surface area contributed by atoms with Crippen LogP contribution in [0.2, 0.25) is 5.02 Å². The summed E-state index contributed by atoms with van der Waals surface area (Å²) in [5.41, 5.74) is 0.0248. The maximum absolute atomic E-state index is 10.6. The molecular weight excluding hydrogens is 239 g/mol. The molecule has 0 atom stereocenters. The van der Waals surface area contributed by atoms with Crippen LogP contribution in [0.1, 0.15) is 11.8 Å². The standard InChI is InChI=1S/C7H5ClO4S.Na.H/c8-7-2-1-6(13(10,11)12)3-5(7)4-9;;/h1-4H,(H,10,11,12);;/q;+1;-1. The topological polar surface area (TPSA) is 71.4 Å². The van der Waals surface area contributed by atoms with Crippen LogP contribution in [0, 0.1) is 0 Å². The summed E-state index contributed by atoms with van der Waals surface area (Å²) in [6.07, 6.45) is 0.414. The van der Waals surface area contributed by atoms with Gasteiger partial charge in [-0.1, -0.05) is 11.6 Å². The molecule has 0 aromatic heterocycles. The van der Waals surface area contributed by atoms with Crippen LogP contribution in [0.4, 0.5) is 0 Å². The van der Waals surface area contributed by atoms with Crippen LogP contribution in [0.15, 0.2) is 23.1 Å². The molecule has 0 aliphatic rings. The third kappa shape index (κ3) is 3.34. The predicted molar refractivity (Wildman–Crippen MR) is 47.8 cm³/mol. The molecule has 14 heavy (non-hydrogen) atoms. The van der Waals surface area contributed by atoms with Crippen molar-refractivity contribution in [3.63, 3.8) is 0 Å². The van der Waals surface area contributed by atoms with Crippen molar-refractivity contribution in [1.82, 2.24) is 0 Å². The zero-order chi connectivity index (χ0) is 10.1. The first-order valence-electron chi connectivity index (χ1n) is 3.17. The fraction of sp³-hybridized carbons (Fsp3) is 0. The van der Waals surface area contributed by atoms with Gasteiger partial charge in [0.2, 0.25) is 0 Å². The summed E-state index contributed by atoms with van der Waals surface area (Å²) >= 11 is 5.54. The fourth-order valence-corrected chi connectivity index (χ4v) is 1.45. The average Bonchev–Trinajstić information content (AvgIpc) is 2.03. The Morgan fingerprint density at radius 1 is 1.43 bits per heavy atom. The number of hydrogen-bond donors (Lipinski definition) is 1. The van der Waals surface area contributed by atoms with Crippen molar-refractivity contribution in [3.8, 4) is 0 Å². The Kier molecular flexibility index (Phi) is 5.28. The van der Waals surface area contributed by atoms with E-state index in [2.05, 4.69) is 0 Å². The first-order valence-corrected chi connectivity index (χ1v) is 4.99. The maximum Gasteiger partial charge on any atom is 1.00 e. The number of hydrogen-bond acceptors (Lipinski definition) is 3. The van der Waals surface area contributed by atoms with Gasteiger partial charge < -0.3 is 1.43 Å². The van der Waals surface area contributed by atoms with Gasteiger partial charge in [-0.2, -0.15) is 8.42 Å². The quantitative estimate of drug-likeness (QED) is 0.391. The monoisotopic (exact) mass is 244 g/mol. The van der Waals surface area contributed by atoms with E-state index in [4.69, 9.17) is 16.2 Å². The number of aldehydes is 1. The molecule has 0 saturated carbocycles. The SMILES string of the molecule is O=Cc1cc(S(=O)(=O)O)ccc1Cl.[H-].[Na+]. The predicted octanol–water partition coefficient (Wildman–Crippen LogP) is -1.48. The van der Waals surface area contributed by atoms with Crippen molar-refractivity contribution < 1.29 is 48.7 Å². The van der Waals surface area contributed by atoms with E-state index in [1.165, 1.54) is 6.07 Å². The molecule has 1 aromatic carbocycles. The van der Waals surface area contributed by atoms with Gasteiger partial charge >= 0.3 is 29.6 Å². The molecule has 1 rings (SSSR count). The largest absolute Gasteiger partial charge is 1.00 e. The van der Waals surface area contributed by atoms with Gasteiger partial charge in [0.05, 0.1) is 9.92 Å². The third-order valence-corrected chi connectivity index (χ3v) is 2.59. The van der Waals surface area contributed by atoms with E-state index in [9.17, 15) is 13.2 Å². The molecule has 0 aliphatic heterocycles. The minimum atomic E-state index is -4.27. The van der Waals surface area contributed by atoms with E-state index in [0.29, 0.717) is 6.29 Å². The Balaban J connectivity index is 0. The Morgan fingerprint density at radius 2 is 2.00 bits per heavy atom. The Hall–Kier alpha value is 0.0900. The Labute approximate surface area is 110 Å². The third-order valence-electron chi connectivity index (χ3n) is 1.39. The second-order valence-corrected chi connectivity index (χ2v) is 4.10. The number of rotatable bonds is 2. The molecule has 0 amide bonds. The molecule has 0 spiro atoms. The van der Waals surface area contributed by atoms with E-state index >= 15 is 0 Å². The zero-order valence-corrected chi connectivity index (χ0v) is 10.8. The maximum atomic E-state index is 10.6. The van der Waals surface area contributed by atoms with Crippen LogP contribution in [-0.4, -0.2) is 19.3 Å². The van der Waals surface area contributed by atoms with E-state index in [-0.39, 0.29) is 46.5 Å². The summed E-state index contributed by atoms with van der Waals surface area (Å²) in [6.45, 7) is 0. The molecule has 0 unspecified atom stereocenters. The summed E-state index contributed by atoms with van der Waals surface area (Å²) in [5, 5.41) is 0.141. The molecule has 0 saturated heterocycles. The van der Waals surface area contributed by atoms with Gasteiger partial charge in [-0.15, -0.1) is 0 Å². The summed E-state index contributed by atoms with van der Waals surface area (Å²) in [7, 11) is -4.27. The zero-order valence-electron chi connectivity index (χ0n) is 8.27. The van der Waals surface area contributed by atoms with E-state index in [1.54, 1.807) is 0 Å². The first kappa shape index (κ1) is 14.1. The van der Waals surface area contributed by atoms with Gasteiger partial charge in [0.25, 0.3) is 10.1 Å². The van der Waals surface area contributed by atoms with Gasteiger partial charge in [-0.05, 0) is 18.2 Å². The van der Waals surface area contributed by atoms with Crippen molar-refractivity contribution in [3.05, 3.63) is 28.8 Å². The van der Waals surface area contributed by atoms with Gasteiger partial charge in [-0.25, -0.2) is 0 Å². The van der Waals surface area contributed by atoms with Crippen molar-refractivity contribution in [2.24, 2.45) is 0 Å². The first-order chi connectivity index (χ1) is 5.95. The molecular formula is C7H6ClNaO4S. The van der Waals surface area contributed by atoms with Crippen LogP contribution in [-0.2, 0) is 10.1 Å².